The van der Waals surface area contributed by atoms with E-state index in [4.69, 9.17) is 0 Å². The third-order valence-electron chi connectivity index (χ3n) is 4.95. The molecular formula is C17H23FN2O. The Morgan fingerprint density at radius 3 is 2.43 bits per heavy atom. The first-order valence-corrected chi connectivity index (χ1v) is 7.77. The number of carbonyl (C=O) groups is 1. The molecule has 2 unspecified atom stereocenters. The summed E-state index contributed by atoms with van der Waals surface area (Å²) in [5, 5.41) is 3.48. The van der Waals surface area contributed by atoms with Crippen LogP contribution in [0.4, 0.5) is 4.39 Å². The minimum absolute atomic E-state index is 0.123. The SMILES string of the molecule is CC(C)C(C)CN1C(=O)C2(CC2)NC1c1ccc(F)cc1. The Morgan fingerprint density at radius 1 is 1.29 bits per heavy atom. The standard InChI is InChI=1S/C17H23FN2O/c1-11(2)12(3)10-20-15(13-4-6-14(18)7-5-13)19-17(8-9-17)16(20)21/h4-7,11-12,15,19H,8-10H2,1-3H3. The van der Waals surface area contributed by atoms with Gasteiger partial charge >= 0.3 is 0 Å². The number of benzene rings is 1. The highest BCUT2D eigenvalue weighted by Crippen LogP contribution is 2.46. The minimum Gasteiger partial charge on any atom is -0.321 e. The Kier molecular flexibility index (Phi) is 3.52. The van der Waals surface area contributed by atoms with Gasteiger partial charge in [-0.1, -0.05) is 32.9 Å². The van der Waals surface area contributed by atoms with Crippen molar-refractivity contribution in [1.82, 2.24) is 10.2 Å². The summed E-state index contributed by atoms with van der Waals surface area (Å²) in [6, 6.07) is 6.47. The molecule has 1 saturated heterocycles. The van der Waals surface area contributed by atoms with Crippen LogP contribution in [0.5, 0.6) is 0 Å². The number of amides is 1. The van der Waals surface area contributed by atoms with Crippen molar-refractivity contribution < 1.29 is 9.18 Å². The lowest BCUT2D eigenvalue weighted by Crippen LogP contribution is -2.36. The molecule has 3 rings (SSSR count). The first kappa shape index (κ1) is 14.5. The smallest absolute Gasteiger partial charge is 0.244 e. The summed E-state index contributed by atoms with van der Waals surface area (Å²) in [5.74, 6) is 0.936. The van der Waals surface area contributed by atoms with Crippen molar-refractivity contribution >= 4 is 5.91 Å². The number of rotatable bonds is 4. The molecule has 2 fully saturated rings. The number of hydrogen-bond acceptors (Lipinski definition) is 2. The molecule has 3 nitrogen and oxygen atoms in total. The molecular weight excluding hydrogens is 267 g/mol. The second-order valence-corrected chi connectivity index (χ2v) is 6.86. The maximum atomic E-state index is 13.1. The summed E-state index contributed by atoms with van der Waals surface area (Å²) in [5.41, 5.74) is 0.625. The van der Waals surface area contributed by atoms with Crippen molar-refractivity contribution in [2.24, 2.45) is 11.8 Å². The van der Waals surface area contributed by atoms with E-state index < -0.39 is 0 Å². The van der Waals surface area contributed by atoms with E-state index in [2.05, 4.69) is 26.1 Å². The Hall–Kier alpha value is -1.42. The van der Waals surface area contributed by atoms with Crippen LogP contribution in [0.15, 0.2) is 24.3 Å². The van der Waals surface area contributed by atoms with Gasteiger partial charge in [0.1, 0.15) is 17.5 Å². The Morgan fingerprint density at radius 2 is 1.90 bits per heavy atom. The molecule has 1 aromatic rings. The first-order valence-electron chi connectivity index (χ1n) is 7.77. The summed E-state index contributed by atoms with van der Waals surface area (Å²) >= 11 is 0. The molecule has 21 heavy (non-hydrogen) atoms. The van der Waals surface area contributed by atoms with Crippen LogP contribution in [-0.4, -0.2) is 22.9 Å². The fraction of sp³-hybridized carbons (Fsp3) is 0.588. The van der Waals surface area contributed by atoms with E-state index in [1.165, 1.54) is 12.1 Å². The molecule has 114 valence electrons. The van der Waals surface area contributed by atoms with E-state index in [1.54, 1.807) is 12.1 Å². The molecule has 1 saturated carbocycles. The summed E-state index contributed by atoms with van der Waals surface area (Å²) in [7, 11) is 0. The topological polar surface area (TPSA) is 32.3 Å². The fourth-order valence-corrected chi connectivity index (χ4v) is 2.89. The van der Waals surface area contributed by atoms with Gasteiger partial charge in [-0.2, -0.15) is 0 Å². The molecule has 1 amide bonds. The van der Waals surface area contributed by atoms with Gasteiger partial charge in [0.15, 0.2) is 0 Å². The van der Waals surface area contributed by atoms with Gasteiger partial charge in [-0.05, 0) is 42.4 Å². The lowest BCUT2D eigenvalue weighted by atomic mass is 9.97. The van der Waals surface area contributed by atoms with Crippen LogP contribution in [0.25, 0.3) is 0 Å². The van der Waals surface area contributed by atoms with Gasteiger partial charge in [-0.15, -0.1) is 0 Å². The van der Waals surface area contributed by atoms with Crippen LogP contribution in [0.1, 0.15) is 45.3 Å². The quantitative estimate of drug-likeness (QED) is 0.924. The fourth-order valence-electron chi connectivity index (χ4n) is 2.89. The van der Waals surface area contributed by atoms with E-state index in [0.29, 0.717) is 11.8 Å². The monoisotopic (exact) mass is 290 g/mol. The summed E-state index contributed by atoms with van der Waals surface area (Å²) in [6.45, 7) is 7.28. The third-order valence-corrected chi connectivity index (χ3v) is 4.95. The van der Waals surface area contributed by atoms with Crippen LogP contribution >= 0.6 is 0 Å². The number of halogens is 1. The van der Waals surface area contributed by atoms with E-state index in [1.807, 2.05) is 4.90 Å². The van der Waals surface area contributed by atoms with Gasteiger partial charge < -0.3 is 4.90 Å². The zero-order chi connectivity index (χ0) is 15.2. The maximum absolute atomic E-state index is 13.1. The average molecular weight is 290 g/mol. The minimum atomic E-state index is -0.338. The highest BCUT2D eigenvalue weighted by atomic mass is 19.1. The molecule has 1 aliphatic heterocycles. The van der Waals surface area contributed by atoms with Crippen LogP contribution in [0.2, 0.25) is 0 Å². The molecule has 1 spiro atoms. The highest BCUT2D eigenvalue weighted by molar-refractivity contribution is 5.92. The van der Waals surface area contributed by atoms with Crippen molar-refractivity contribution in [1.29, 1.82) is 0 Å². The number of carbonyl (C=O) groups excluding carboxylic acids is 1. The molecule has 0 bridgehead atoms. The number of nitrogens with one attached hydrogen (secondary N) is 1. The van der Waals surface area contributed by atoms with Gasteiger partial charge in [0.05, 0.1) is 0 Å². The van der Waals surface area contributed by atoms with Crippen molar-refractivity contribution in [3.05, 3.63) is 35.6 Å². The molecule has 0 radical (unpaired) electrons. The molecule has 4 heteroatoms. The van der Waals surface area contributed by atoms with E-state index in [0.717, 1.165) is 24.9 Å². The number of nitrogens with zero attached hydrogens (tertiary/aromatic N) is 1. The Labute approximate surface area is 125 Å². The maximum Gasteiger partial charge on any atom is 0.244 e. The Bertz CT molecular complexity index is 536. The third kappa shape index (κ3) is 2.57. The van der Waals surface area contributed by atoms with Crippen LogP contribution < -0.4 is 5.32 Å². The van der Waals surface area contributed by atoms with Crippen LogP contribution in [0, 0.1) is 17.7 Å². The molecule has 2 atom stereocenters. The van der Waals surface area contributed by atoms with E-state index in [-0.39, 0.29) is 23.4 Å². The van der Waals surface area contributed by atoms with Crippen molar-refractivity contribution in [3.8, 4) is 0 Å². The van der Waals surface area contributed by atoms with Crippen molar-refractivity contribution in [2.75, 3.05) is 6.54 Å². The molecule has 1 N–H and O–H groups in total. The van der Waals surface area contributed by atoms with Crippen molar-refractivity contribution in [3.63, 3.8) is 0 Å². The average Bonchev–Trinajstić information content (AvgIpc) is 3.18. The lowest BCUT2D eigenvalue weighted by molar-refractivity contribution is -0.131. The molecule has 1 aromatic carbocycles. The van der Waals surface area contributed by atoms with E-state index in [9.17, 15) is 9.18 Å². The summed E-state index contributed by atoms with van der Waals surface area (Å²) in [4.78, 5) is 14.6. The van der Waals surface area contributed by atoms with Gasteiger partial charge in [0.2, 0.25) is 5.91 Å². The molecule has 1 heterocycles. The largest absolute Gasteiger partial charge is 0.321 e. The zero-order valence-electron chi connectivity index (χ0n) is 12.9. The van der Waals surface area contributed by atoms with Crippen LogP contribution in [-0.2, 0) is 4.79 Å². The Balaban J connectivity index is 1.86. The number of hydrogen-bond donors (Lipinski definition) is 1. The molecule has 2 aliphatic rings. The molecule has 0 aromatic heterocycles. The van der Waals surface area contributed by atoms with Gasteiger partial charge in [0.25, 0.3) is 0 Å². The predicted molar refractivity (Wildman–Crippen MR) is 80.0 cm³/mol. The first-order chi connectivity index (χ1) is 9.93. The van der Waals surface area contributed by atoms with Gasteiger partial charge in [-0.25, -0.2) is 4.39 Å². The summed E-state index contributed by atoms with van der Waals surface area (Å²) < 4.78 is 13.1. The normalized spacial score (nSPS) is 24.9. The highest BCUT2D eigenvalue weighted by Gasteiger charge is 2.59. The molecule has 1 aliphatic carbocycles. The lowest BCUT2D eigenvalue weighted by Gasteiger charge is -2.29. The second-order valence-electron chi connectivity index (χ2n) is 6.86. The second kappa shape index (κ2) is 5.09. The van der Waals surface area contributed by atoms with Gasteiger partial charge in [-0.3, -0.25) is 10.1 Å². The van der Waals surface area contributed by atoms with Crippen molar-refractivity contribution in [2.45, 2.75) is 45.3 Å². The predicted octanol–water partition coefficient (Wildman–Crippen LogP) is 3.08. The zero-order valence-corrected chi connectivity index (χ0v) is 12.9. The van der Waals surface area contributed by atoms with Crippen LogP contribution in [0.3, 0.4) is 0 Å². The van der Waals surface area contributed by atoms with E-state index >= 15 is 0 Å². The van der Waals surface area contributed by atoms with Gasteiger partial charge in [0, 0.05) is 6.54 Å². The summed E-state index contributed by atoms with van der Waals surface area (Å²) in [6.07, 6.45) is 1.70.